The molecule has 2 saturated heterocycles. The molecule has 0 aromatic heterocycles. The molecular weight excluding hydrogens is 393 g/mol. The molecule has 0 aromatic carbocycles. The monoisotopic (exact) mass is 411 g/mol. The molecule has 2 rings (SSSR count). The Bertz CT molecular complexity index is 436. The minimum Gasteiger partial charge on any atom is -0.467 e. The molecule has 0 spiro atoms. The Kier molecular flexibility index (Phi) is 5.23. The van der Waals surface area contributed by atoms with E-state index in [0.29, 0.717) is 13.2 Å². The first kappa shape index (κ1) is 16.7. The molecule has 118 valence electrons. The van der Waals surface area contributed by atoms with Crippen LogP contribution in [0, 0.1) is 5.92 Å². The van der Waals surface area contributed by atoms with Crippen LogP contribution in [0.25, 0.3) is 0 Å². The molecule has 0 aliphatic carbocycles. The Morgan fingerprint density at radius 2 is 2.10 bits per heavy atom. The average molecular weight is 411 g/mol. The molecule has 21 heavy (non-hydrogen) atoms. The molecule has 3 atom stereocenters. The maximum absolute atomic E-state index is 12.8. The lowest BCUT2D eigenvalue weighted by molar-refractivity contribution is -0.186. The molecule has 0 N–H and O–H groups in total. The number of alkyl halides is 1. The highest BCUT2D eigenvalue weighted by Gasteiger charge is 2.49. The maximum Gasteiger partial charge on any atom is 0.331 e. The number of methoxy groups -OCH3 is 1. The van der Waals surface area contributed by atoms with Crippen molar-refractivity contribution in [1.82, 2.24) is 4.90 Å². The fraction of sp³-hybridized carbons (Fsp3) is 0.692. The van der Waals surface area contributed by atoms with E-state index in [4.69, 9.17) is 18.9 Å². The Morgan fingerprint density at radius 3 is 2.62 bits per heavy atom. The summed E-state index contributed by atoms with van der Waals surface area (Å²) in [5.74, 6) is -2.64. The highest BCUT2D eigenvalue weighted by molar-refractivity contribution is 14.1. The molecule has 8 heteroatoms. The van der Waals surface area contributed by atoms with Gasteiger partial charge in [-0.15, -0.1) is 6.58 Å². The quantitative estimate of drug-likeness (QED) is 0.223. The third kappa shape index (κ3) is 3.08. The second-order valence-corrected chi connectivity index (χ2v) is 5.90. The second-order valence-electron chi connectivity index (χ2n) is 4.84. The molecule has 2 aliphatic rings. The molecule has 7 nitrogen and oxygen atoms in total. The first-order valence-corrected chi connectivity index (χ1v) is 7.75. The normalized spacial score (nSPS) is 29.2. The van der Waals surface area contributed by atoms with Gasteiger partial charge in [0.1, 0.15) is 5.92 Å². The Morgan fingerprint density at radius 1 is 1.48 bits per heavy atom. The number of esters is 1. The number of nitrogens with zero attached hydrogens (tertiary/aromatic N) is 1. The molecule has 1 amide bonds. The van der Waals surface area contributed by atoms with E-state index in [1.807, 2.05) is 22.6 Å². The zero-order valence-electron chi connectivity index (χ0n) is 11.9. The Labute approximate surface area is 136 Å². The van der Waals surface area contributed by atoms with E-state index >= 15 is 0 Å². The molecule has 0 bridgehead atoms. The van der Waals surface area contributed by atoms with Gasteiger partial charge < -0.3 is 18.9 Å². The lowest BCUT2D eigenvalue weighted by Gasteiger charge is -2.34. The molecule has 0 radical (unpaired) electrons. The summed E-state index contributed by atoms with van der Waals surface area (Å²) in [6, 6.07) is -0.767. The van der Waals surface area contributed by atoms with Gasteiger partial charge >= 0.3 is 5.97 Å². The minimum atomic E-state index is -1.07. The van der Waals surface area contributed by atoms with Gasteiger partial charge in [-0.05, 0) is 29.5 Å². The van der Waals surface area contributed by atoms with Crippen LogP contribution in [0.15, 0.2) is 12.7 Å². The van der Waals surface area contributed by atoms with E-state index in [1.165, 1.54) is 18.1 Å². The van der Waals surface area contributed by atoms with Gasteiger partial charge in [0, 0.05) is 0 Å². The lowest BCUT2D eigenvalue weighted by atomic mass is 9.98. The van der Waals surface area contributed by atoms with Gasteiger partial charge in [0.25, 0.3) is 0 Å². The van der Waals surface area contributed by atoms with Crippen molar-refractivity contribution < 1.29 is 28.5 Å². The summed E-state index contributed by atoms with van der Waals surface area (Å²) < 4.78 is 20.6. The highest BCUT2D eigenvalue weighted by atomic mass is 127. The van der Waals surface area contributed by atoms with Gasteiger partial charge in [0.15, 0.2) is 16.1 Å². The van der Waals surface area contributed by atoms with E-state index in [1.54, 1.807) is 6.92 Å². The highest BCUT2D eigenvalue weighted by Crippen LogP contribution is 2.33. The van der Waals surface area contributed by atoms with Crippen molar-refractivity contribution in [2.75, 3.05) is 26.9 Å². The number of hydrogen-bond acceptors (Lipinski definition) is 6. The van der Waals surface area contributed by atoms with Crippen LogP contribution in [0.2, 0.25) is 0 Å². The van der Waals surface area contributed by atoms with Crippen LogP contribution >= 0.6 is 22.6 Å². The van der Waals surface area contributed by atoms with Crippen LogP contribution in [-0.2, 0) is 28.5 Å². The lowest BCUT2D eigenvalue weighted by Crippen LogP contribution is -2.52. The summed E-state index contributed by atoms with van der Waals surface area (Å²) in [7, 11) is 1.28. The Balaban J connectivity index is 2.23. The van der Waals surface area contributed by atoms with Gasteiger partial charge in [0.05, 0.1) is 26.9 Å². The SMILES string of the molecule is C=CC(C(=O)N1[C@H](I)OC[C@@H]1C(=O)OC)C1(C)OCCO1. The van der Waals surface area contributed by atoms with Crippen molar-refractivity contribution in [3.63, 3.8) is 0 Å². The first-order valence-electron chi connectivity index (χ1n) is 6.50. The van der Waals surface area contributed by atoms with E-state index in [2.05, 4.69) is 6.58 Å². The van der Waals surface area contributed by atoms with Crippen molar-refractivity contribution in [2.45, 2.75) is 23.0 Å². The summed E-state index contributed by atoms with van der Waals surface area (Å²) in [6.07, 6.45) is 1.48. The molecule has 2 fully saturated rings. The number of rotatable bonds is 4. The van der Waals surface area contributed by atoms with Crippen LogP contribution in [0.4, 0.5) is 0 Å². The molecule has 2 heterocycles. The van der Waals surface area contributed by atoms with E-state index in [9.17, 15) is 9.59 Å². The second kappa shape index (κ2) is 6.59. The van der Waals surface area contributed by atoms with Gasteiger partial charge in [-0.3, -0.25) is 9.69 Å². The number of ether oxygens (including phenoxy) is 4. The summed E-state index contributed by atoms with van der Waals surface area (Å²) in [5.41, 5.74) is 0. The van der Waals surface area contributed by atoms with E-state index < -0.39 is 28.0 Å². The maximum atomic E-state index is 12.8. The number of carbonyl (C=O) groups is 2. The van der Waals surface area contributed by atoms with Crippen LogP contribution < -0.4 is 0 Å². The predicted molar refractivity (Wildman–Crippen MR) is 80.4 cm³/mol. The first-order chi connectivity index (χ1) is 9.94. The molecule has 2 aliphatic heterocycles. The number of carbonyl (C=O) groups excluding carboxylic acids is 2. The summed E-state index contributed by atoms with van der Waals surface area (Å²) in [5, 5.41) is 0. The van der Waals surface area contributed by atoms with Crippen LogP contribution in [0.5, 0.6) is 0 Å². The number of halogens is 1. The van der Waals surface area contributed by atoms with E-state index in [-0.39, 0.29) is 12.5 Å². The standard InChI is InChI=1S/C13H18INO6/c1-4-8(13(2)20-5-6-21-13)10(16)15-9(11(17)18-3)7-19-12(15)14/h4,8-9,12H,1,5-7H2,2-3H3/t8?,9-,12+/m1/s1. The van der Waals surface area contributed by atoms with Crippen LogP contribution in [-0.4, -0.2) is 59.8 Å². The van der Waals surface area contributed by atoms with Gasteiger partial charge in [0.2, 0.25) is 5.91 Å². The van der Waals surface area contributed by atoms with Gasteiger partial charge in [-0.2, -0.15) is 0 Å². The largest absolute Gasteiger partial charge is 0.467 e. The number of hydrogen-bond donors (Lipinski definition) is 0. The van der Waals surface area contributed by atoms with Crippen molar-refractivity contribution in [2.24, 2.45) is 5.92 Å². The fourth-order valence-electron chi connectivity index (χ4n) is 2.45. The topological polar surface area (TPSA) is 74.3 Å². The van der Waals surface area contributed by atoms with Crippen molar-refractivity contribution in [3.8, 4) is 0 Å². The minimum absolute atomic E-state index is 0.105. The predicted octanol–water partition coefficient (Wildman–Crippen LogP) is 0.671. The van der Waals surface area contributed by atoms with Gasteiger partial charge in [-0.1, -0.05) is 6.08 Å². The number of amides is 1. The third-order valence-corrected chi connectivity index (χ3v) is 4.56. The summed E-state index contributed by atoms with van der Waals surface area (Å²) >= 11 is 1.95. The van der Waals surface area contributed by atoms with Crippen molar-refractivity contribution in [3.05, 3.63) is 12.7 Å². The molecule has 1 unspecified atom stereocenters. The van der Waals surface area contributed by atoms with Gasteiger partial charge in [-0.25, -0.2) is 4.79 Å². The van der Waals surface area contributed by atoms with Crippen LogP contribution in [0.1, 0.15) is 6.92 Å². The fourth-order valence-corrected chi connectivity index (χ4v) is 3.32. The zero-order valence-corrected chi connectivity index (χ0v) is 14.1. The summed E-state index contributed by atoms with van der Waals surface area (Å²) in [6.45, 7) is 6.32. The molecular formula is C13H18INO6. The van der Waals surface area contributed by atoms with Crippen molar-refractivity contribution >= 4 is 34.5 Å². The van der Waals surface area contributed by atoms with Crippen LogP contribution in [0.3, 0.4) is 0 Å². The average Bonchev–Trinajstić information content (AvgIpc) is 3.05. The van der Waals surface area contributed by atoms with E-state index in [0.717, 1.165) is 0 Å². The Hall–Kier alpha value is -0.710. The molecule has 0 saturated carbocycles. The summed E-state index contributed by atoms with van der Waals surface area (Å²) in [4.78, 5) is 26.0. The zero-order chi connectivity index (χ0) is 15.6. The smallest absolute Gasteiger partial charge is 0.331 e. The van der Waals surface area contributed by atoms with Crippen molar-refractivity contribution in [1.29, 1.82) is 0 Å². The molecule has 0 aromatic rings. The third-order valence-electron chi connectivity index (χ3n) is 3.60.